The summed E-state index contributed by atoms with van der Waals surface area (Å²) in [5.41, 5.74) is 0.0455. The van der Waals surface area contributed by atoms with Gasteiger partial charge < -0.3 is 5.32 Å². The number of anilines is 1. The normalized spacial score (nSPS) is 13.3. The van der Waals surface area contributed by atoms with E-state index in [1.807, 2.05) is 13.8 Å². The van der Waals surface area contributed by atoms with Gasteiger partial charge in [0.05, 0.1) is 5.69 Å². The number of pyridine rings is 1. The molecule has 114 valence electrons. The Morgan fingerprint density at radius 1 is 1.20 bits per heavy atom. The van der Waals surface area contributed by atoms with Crippen LogP contribution < -0.4 is 10.0 Å². The molecule has 0 saturated heterocycles. The van der Waals surface area contributed by atoms with Gasteiger partial charge in [0, 0.05) is 25.0 Å². The summed E-state index contributed by atoms with van der Waals surface area (Å²) in [5, 5.41) is 2.88. The monoisotopic (exact) mass is 299 g/mol. The quantitative estimate of drug-likeness (QED) is 0.876. The van der Waals surface area contributed by atoms with Gasteiger partial charge in [-0.3, -0.25) is 4.98 Å². The van der Waals surface area contributed by atoms with E-state index in [-0.39, 0.29) is 10.3 Å². The van der Waals surface area contributed by atoms with Gasteiger partial charge in [0.25, 0.3) is 0 Å². The van der Waals surface area contributed by atoms with E-state index in [1.165, 1.54) is 6.20 Å². The minimum absolute atomic E-state index is 0.0345. The second-order valence-electron chi connectivity index (χ2n) is 6.85. The van der Waals surface area contributed by atoms with Crippen LogP contribution in [0.4, 0.5) is 5.69 Å². The standard InChI is InChI=1S/C14H25N3O2S/c1-13(2,3)10-14(4,5)17-20(18,19)12-9-16-8-7-11(12)15-6/h7-9,17H,10H2,1-6H3,(H,15,16). The van der Waals surface area contributed by atoms with E-state index in [9.17, 15) is 8.42 Å². The molecule has 0 aliphatic heterocycles. The van der Waals surface area contributed by atoms with Crippen molar-refractivity contribution in [1.82, 2.24) is 9.71 Å². The molecule has 0 aliphatic carbocycles. The highest BCUT2D eigenvalue weighted by atomic mass is 32.2. The van der Waals surface area contributed by atoms with Gasteiger partial charge in [0.1, 0.15) is 4.90 Å². The molecular weight excluding hydrogens is 274 g/mol. The smallest absolute Gasteiger partial charge is 0.244 e. The van der Waals surface area contributed by atoms with Crippen molar-refractivity contribution in [2.45, 2.75) is 51.5 Å². The fourth-order valence-electron chi connectivity index (χ4n) is 2.58. The zero-order valence-corrected chi connectivity index (χ0v) is 13.9. The zero-order chi connectivity index (χ0) is 15.6. The molecule has 0 unspecified atom stereocenters. The lowest BCUT2D eigenvalue weighted by Gasteiger charge is -2.33. The van der Waals surface area contributed by atoms with Gasteiger partial charge in [-0.15, -0.1) is 0 Å². The molecule has 0 fully saturated rings. The molecule has 1 aromatic heterocycles. The highest BCUT2D eigenvalue weighted by Gasteiger charge is 2.31. The lowest BCUT2D eigenvalue weighted by atomic mass is 9.82. The molecule has 1 aromatic rings. The first-order valence-electron chi connectivity index (χ1n) is 6.63. The van der Waals surface area contributed by atoms with Crippen LogP contribution >= 0.6 is 0 Å². The maximum atomic E-state index is 12.5. The summed E-state index contributed by atoms with van der Waals surface area (Å²) in [6, 6.07) is 1.64. The van der Waals surface area contributed by atoms with Gasteiger partial charge in [0.2, 0.25) is 10.0 Å². The van der Waals surface area contributed by atoms with Crippen LogP contribution in [-0.4, -0.2) is 26.0 Å². The van der Waals surface area contributed by atoms with Crippen molar-refractivity contribution < 1.29 is 8.42 Å². The van der Waals surface area contributed by atoms with Crippen molar-refractivity contribution in [2.75, 3.05) is 12.4 Å². The van der Waals surface area contributed by atoms with Gasteiger partial charge >= 0.3 is 0 Å². The Labute approximate surface area is 122 Å². The fourth-order valence-corrected chi connectivity index (χ4v) is 4.15. The number of aromatic nitrogens is 1. The maximum Gasteiger partial charge on any atom is 0.244 e. The highest BCUT2D eigenvalue weighted by molar-refractivity contribution is 7.89. The van der Waals surface area contributed by atoms with E-state index in [0.29, 0.717) is 5.69 Å². The van der Waals surface area contributed by atoms with Gasteiger partial charge in [-0.1, -0.05) is 20.8 Å². The molecule has 0 bridgehead atoms. The third-order valence-corrected chi connectivity index (χ3v) is 4.45. The number of hydrogen-bond acceptors (Lipinski definition) is 4. The van der Waals surface area contributed by atoms with Crippen molar-refractivity contribution in [3.05, 3.63) is 18.5 Å². The minimum atomic E-state index is -3.61. The van der Waals surface area contributed by atoms with E-state index in [4.69, 9.17) is 0 Å². The Bertz CT molecular complexity index is 560. The molecule has 1 rings (SSSR count). The van der Waals surface area contributed by atoms with E-state index in [2.05, 4.69) is 35.8 Å². The van der Waals surface area contributed by atoms with Crippen molar-refractivity contribution in [3.8, 4) is 0 Å². The van der Waals surface area contributed by atoms with E-state index < -0.39 is 15.6 Å². The Balaban J connectivity index is 3.06. The van der Waals surface area contributed by atoms with Gasteiger partial charge in [0.15, 0.2) is 0 Å². The molecule has 0 radical (unpaired) electrons. The van der Waals surface area contributed by atoms with Crippen LogP contribution in [0.5, 0.6) is 0 Å². The lowest BCUT2D eigenvalue weighted by molar-refractivity contribution is 0.269. The summed E-state index contributed by atoms with van der Waals surface area (Å²) in [5.74, 6) is 0. The summed E-state index contributed by atoms with van der Waals surface area (Å²) >= 11 is 0. The number of hydrogen-bond donors (Lipinski definition) is 2. The lowest BCUT2D eigenvalue weighted by Crippen LogP contribution is -2.45. The first-order valence-corrected chi connectivity index (χ1v) is 8.11. The van der Waals surface area contributed by atoms with Crippen molar-refractivity contribution in [2.24, 2.45) is 5.41 Å². The Morgan fingerprint density at radius 3 is 2.30 bits per heavy atom. The fraction of sp³-hybridized carbons (Fsp3) is 0.643. The topological polar surface area (TPSA) is 71.1 Å². The third kappa shape index (κ3) is 4.76. The summed E-state index contributed by atoms with van der Waals surface area (Å²) < 4.78 is 27.8. The molecule has 1 heterocycles. The van der Waals surface area contributed by atoms with E-state index >= 15 is 0 Å². The summed E-state index contributed by atoms with van der Waals surface area (Å²) in [6.45, 7) is 10.1. The van der Waals surface area contributed by atoms with Crippen LogP contribution in [0.3, 0.4) is 0 Å². The number of sulfonamides is 1. The average molecular weight is 299 g/mol. The minimum Gasteiger partial charge on any atom is -0.387 e. The number of rotatable bonds is 5. The van der Waals surface area contributed by atoms with Gasteiger partial charge in [-0.25, -0.2) is 13.1 Å². The number of nitrogens with one attached hydrogen (secondary N) is 2. The third-order valence-electron chi connectivity index (χ3n) is 2.73. The molecule has 0 saturated carbocycles. The van der Waals surface area contributed by atoms with Crippen LogP contribution in [0.15, 0.2) is 23.4 Å². The molecule has 2 N–H and O–H groups in total. The first-order chi connectivity index (χ1) is 8.97. The number of nitrogens with zero attached hydrogens (tertiary/aromatic N) is 1. The van der Waals surface area contributed by atoms with Crippen LogP contribution in [0.1, 0.15) is 41.0 Å². The van der Waals surface area contributed by atoms with Crippen molar-refractivity contribution in [3.63, 3.8) is 0 Å². The van der Waals surface area contributed by atoms with Crippen LogP contribution in [0.25, 0.3) is 0 Å². The predicted octanol–water partition coefficient (Wildman–Crippen LogP) is 2.62. The van der Waals surface area contributed by atoms with Gasteiger partial charge in [-0.05, 0) is 31.7 Å². The molecule has 0 amide bonds. The molecule has 0 aromatic carbocycles. The molecule has 5 nitrogen and oxygen atoms in total. The zero-order valence-electron chi connectivity index (χ0n) is 13.1. The summed E-state index contributed by atoms with van der Waals surface area (Å²) in [6.07, 6.45) is 3.65. The van der Waals surface area contributed by atoms with Crippen LogP contribution in [-0.2, 0) is 10.0 Å². The second kappa shape index (κ2) is 5.69. The van der Waals surface area contributed by atoms with E-state index in [0.717, 1.165) is 6.42 Å². The van der Waals surface area contributed by atoms with Gasteiger partial charge in [-0.2, -0.15) is 0 Å². The van der Waals surface area contributed by atoms with Crippen LogP contribution in [0, 0.1) is 5.41 Å². The highest BCUT2D eigenvalue weighted by Crippen LogP contribution is 2.29. The molecule has 6 heteroatoms. The molecule has 0 spiro atoms. The van der Waals surface area contributed by atoms with E-state index in [1.54, 1.807) is 19.3 Å². The van der Waals surface area contributed by atoms with Crippen molar-refractivity contribution in [1.29, 1.82) is 0 Å². The largest absolute Gasteiger partial charge is 0.387 e. The molecular formula is C14H25N3O2S. The van der Waals surface area contributed by atoms with Crippen LogP contribution in [0.2, 0.25) is 0 Å². The Hall–Kier alpha value is -1.14. The summed E-state index contributed by atoms with van der Waals surface area (Å²) in [4.78, 5) is 4.08. The molecule has 20 heavy (non-hydrogen) atoms. The second-order valence-corrected chi connectivity index (χ2v) is 8.50. The first kappa shape index (κ1) is 16.9. The SMILES string of the molecule is CNc1ccncc1S(=O)(=O)NC(C)(C)CC(C)(C)C. The van der Waals surface area contributed by atoms with Crippen molar-refractivity contribution >= 4 is 15.7 Å². The maximum absolute atomic E-state index is 12.5. The molecule has 0 aliphatic rings. The predicted molar refractivity (Wildman–Crippen MR) is 82.3 cm³/mol. The Kier molecular flexibility index (Phi) is 4.82. The molecule has 0 atom stereocenters. The summed E-state index contributed by atoms with van der Waals surface area (Å²) in [7, 11) is -1.92. The average Bonchev–Trinajstić information content (AvgIpc) is 2.24. The Morgan fingerprint density at radius 2 is 1.80 bits per heavy atom.